The zero-order valence-electron chi connectivity index (χ0n) is 8.07. The topological polar surface area (TPSA) is 77.2 Å². The van der Waals surface area contributed by atoms with E-state index >= 15 is 0 Å². The summed E-state index contributed by atoms with van der Waals surface area (Å²) in [5, 5.41) is 2.94. The molecule has 0 spiro atoms. The van der Waals surface area contributed by atoms with E-state index in [1.54, 1.807) is 12.1 Å². The van der Waals surface area contributed by atoms with Crippen LogP contribution in [-0.4, -0.2) is 30.6 Å². The third-order valence-corrected chi connectivity index (χ3v) is 1.71. The average molecular weight is 230 g/mol. The summed E-state index contributed by atoms with van der Waals surface area (Å²) >= 11 is 5.64. The molecule has 0 aliphatic carbocycles. The van der Waals surface area contributed by atoms with Crippen LogP contribution in [0.4, 0.5) is 5.69 Å². The van der Waals surface area contributed by atoms with Gasteiger partial charge in [0.2, 0.25) is 5.91 Å². The average Bonchev–Trinajstić information content (AvgIpc) is 2.18. The normalized spacial score (nSPS) is 10.0. The minimum absolute atomic E-state index is 0.0167. The monoisotopic (exact) mass is 229 g/mol. The van der Waals surface area contributed by atoms with Crippen molar-refractivity contribution in [3.63, 3.8) is 0 Å². The van der Waals surface area contributed by atoms with Crippen molar-refractivity contribution in [2.24, 2.45) is 5.73 Å². The van der Waals surface area contributed by atoms with Crippen LogP contribution in [0, 0.1) is 0 Å². The van der Waals surface area contributed by atoms with Gasteiger partial charge in [-0.3, -0.25) is 4.79 Å². The Hall–Kier alpha value is -1.17. The van der Waals surface area contributed by atoms with Crippen LogP contribution in [0.15, 0.2) is 18.3 Å². The number of carbonyl (C=O) groups excluding carboxylic acids is 1. The van der Waals surface area contributed by atoms with Gasteiger partial charge < -0.3 is 15.8 Å². The fourth-order valence-corrected chi connectivity index (χ4v) is 1.10. The molecule has 3 N–H and O–H groups in total. The smallest absolute Gasteiger partial charge is 0.250 e. The number of ether oxygens (including phenoxy) is 1. The number of nitrogens with two attached hydrogens (primary N) is 1. The van der Waals surface area contributed by atoms with Gasteiger partial charge in [-0.1, -0.05) is 11.6 Å². The summed E-state index contributed by atoms with van der Waals surface area (Å²) in [6.45, 7) is 0.746. The zero-order valence-corrected chi connectivity index (χ0v) is 8.83. The first-order chi connectivity index (χ1) is 7.22. The molecular weight excluding hydrogens is 218 g/mol. The molecule has 0 saturated heterocycles. The molecule has 5 nitrogen and oxygen atoms in total. The summed E-state index contributed by atoms with van der Waals surface area (Å²) in [6, 6.07) is 3.20. The highest BCUT2D eigenvalue weighted by Gasteiger charge is 2.02. The van der Waals surface area contributed by atoms with Gasteiger partial charge in [-0.25, -0.2) is 4.98 Å². The van der Waals surface area contributed by atoms with Crippen molar-refractivity contribution in [2.45, 2.75) is 0 Å². The minimum Gasteiger partial charge on any atom is -0.370 e. The molecule has 0 atom stereocenters. The van der Waals surface area contributed by atoms with Crippen LogP contribution in [0.3, 0.4) is 0 Å². The number of halogens is 1. The van der Waals surface area contributed by atoms with E-state index in [1.165, 1.54) is 6.20 Å². The van der Waals surface area contributed by atoms with Gasteiger partial charge in [-0.05, 0) is 12.1 Å². The van der Waals surface area contributed by atoms with Gasteiger partial charge >= 0.3 is 0 Å². The summed E-state index contributed by atoms with van der Waals surface area (Å²) in [5.74, 6) is -0.245. The van der Waals surface area contributed by atoms with Crippen LogP contribution >= 0.6 is 11.6 Å². The van der Waals surface area contributed by atoms with E-state index in [0.717, 1.165) is 0 Å². The van der Waals surface area contributed by atoms with Crippen LogP contribution in [0.2, 0.25) is 5.15 Å². The SMILES string of the molecule is NCCOCC(=O)Nc1ccnc(Cl)c1. The second-order valence-electron chi connectivity index (χ2n) is 2.76. The first kappa shape index (κ1) is 11.9. The number of pyridine rings is 1. The van der Waals surface area contributed by atoms with Crippen LogP contribution in [0.1, 0.15) is 0 Å². The fourth-order valence-electron chi connectivity index (χ4n) is 0.925. The first-order valence-corrected chi connectivity index (χ1v) is 4.79. The van der Waals surface area contributed by atoms with E-state index in [-0.39, 0.29) is 12.5 Å². The van der Waals surface area contributed by atoms with Gasteiger partial charge in [0.25, 0.3) is 0 Å². The molecule has 1 amide bonds. The van der Waals surface area contributed by atoms with Crippen LogP contribution in [-0.2, 0) is 9.53 Å². The highest BCUT2D eigenvalue weighted by molar-refractivity contribution is 6.29. The van der Waals surface area contributed by atoms with Gasteiger partial charge in [-0.15, -0.1) is 0 Å². The van der Waals surface area contributed by atoms with Crippen molar-refractivity contribution in [1.82, 2.24) is 4.98 Å². The van der Waals surface area contributed by atoms with Crippen molar-refractivity contribution in [1.29, 1.82) is 0 Å². The lowest BCUT2D eigenvalue weighted by molar-refractivity contribution is -0.120. The Kier molecular flexibility index (Phi) is 5.03. The highest BCUT2D eigenvalue weighted by Crippen LogP contribution is 2.11. The molecule has 82 valence electrons. The molecule has 1 heterocycles. The molecule has 0 aliphatic rings. The van der Waals surface area contributed by atoms with Crippen LogP contribution in [0.25, 0.3) is 0 Å². The second kappa shape index (κ2) is 6.34. The number of carbonyl (C=O) groups is 1. The Morgan fingerprint density at radius 2 is 2.47 bits per heavy atom. The molecule has 0 unspecified atom stereocenters. The van der Waals surface area contributed by atoms with Gasteiger partial charge in [0.15, 0.2) is 0 Å². The predicted octanol–water partition coefficient (Wildman–Crippen LogP) is 0.649. The number of amides is 1. The van der Waals surface area contributed by atoms with Gasteiger partial charge in [0, 0.05) is 18.4 Å². The maximum absolute atomic E-state index is 11.3. The number of hydrogen-bond acceptors (Lipinski definition) is 4. The molecule has 0 aliphatic heterocycles. The number of hydrogen-bond donors (Lipinski definition) is 2. The zero-order chi connectivity index (χ0) is 11.1. The molecule has 1 aromatic rings. The van der Waals surface area contributed by atoms with E-state index in [1.807, 2.05) is 0 Å². The Morgan fingerprint density at radius 1 is 1.67 bits per heavy atom. The summed E-state index contributed by atoms with van der Waals surface area (Å²) in [7, 11) is 0. The van der Waals surface area contributed by atoms with Gasteiger partial charge in [-0.2, -0.15) is 0 Å². The molecule has 0 bridgehead atoms. The van der Waals surface area contributed by atoms with Gasteiger partial charge in [0.05, 0.1) is 6.61 Å². The van der Waals surface area contributed by atoms with Crippen molar-refractivity contribution in [2.75, 3.05) is 25.1 Å². The molecule has 0 fully saturated rings. The number of nitrogens with one attached hydrogen (secondary N) is 1. The number of rotatable bonds is 5. The molecule has 0 aromatic carbocycles. The quantitative estimate of drug-likeness (QED) is 0.574. The fraction of sp³-hybridized carbons (Fsp3) is 0.333. The maximum atomic E-state index is 11.3. The van der Waals surface area contributed by atoms with E-state index < -0.39 is 0 Å². The van der Waals surface area contributed by atoms with Crippen LogP contribution in [0.5, 0.6) is 0 Å². The molecule has 6 heteroatoms. The van der Waals surface area contributed by atoms with Crippen molar-refractivity contribution >= 4 is 23.2 Å². The number of nitrogens with zero attached hydrogens (tertiary/aromatic N) is 1. The Morgan fingerprint density at radius 3 is 3.13 bits per heavy atom. The Balaban J connectivity index is 2.37. The molecule has 1 aromatic heterocycles. The molecule has 0 saturated carbocycles. The standard InChI is InChI=1S/C9H12ClN3O2/c10-8-5-7(1-3-12-8)13-9(14)6-15-4-2-11/h1,3,5H,2,4,6,11H2,(H,12,13,14). The van der Waals surface area contributed by atoms with Crippen molar-refractivity contribution in [3.05, 3.63) is 23.5 Å². The first-order valence-electron chi connectivity index (χ1n) is 4.41. The summed E-state index contributed by atoms with van der Waals surface area (Å²) < 4.78 is 4.96. The van der Waals surface area contributed by atoms with Crippen molar-refractivity contribution in [3.8, 4) is 0 Å². The van der Waals surface area contributed by atoms with Crippen LogP contribution < -0.4 is 11.1 Å². The summed E-state index contributed by atoms with van der Waals surface area (Å²) in [4.78, 5) is 15.0. The van der Waals surface area contributed by atoms with E-state index in [9.17, 15) is 4.79 Å². The largest absolute Gasteiger partial charge is 0.370 e. The van der Waals surface area contributed by atoms with Gasteiger partial charge in [0.1, 0.15) is 11.8 Å². The lowest BCUT2D eigenvalue weighted by atomic mass is 10.4. The summed E-state index contributed by atoms with van der Waals surface area (Å²) in [5.41, 5.74) is 5.80. The lowest BCUT2D eigenvalue weighted by Crippen LogP contribution is -2.20. The Bertz CT molecular complexity index is 333. The molecule has 0 radical (unpaired) electrons. The minimum atomic E-state index is -0.245. The number of anilines is 1. The predicted molar refractivity (Wildman–Crippen MR) is 57.8 cm³/mol. The third kappa shape index (κ3) is 4.73. The lowest BCUT2D eigenvalue weighted by Gasteiger charge is -2.05. The molecule has 15 heavy (non-hydrogen) atoms. The van der Waals surface area contributed by atoms with Crippen molar-refractivity contribution < 1.29 is 9.53 Å². The third-order valence-electron chi connectivity index (χ3n) is 1.51. The summed E-state index contributed by atoms with van der Waals surface area (Å²) in [6.07, 6.45) is 1.51. The maximum Gasteiger partial charge on any atom is 0.250 e. The number of aromatic nitrogens is 1. The molecular formula is C9H12ClN3O2. The van der Waals surface area contributed by atoms with E-state index in [4.69, 9.17) is 22.1 Å². The van der Waals surface area contributed by atoms with E-state index in [2.05, 4.69) is 10.3 Å². The molecule has 1 rings (SSSR count). The highest BCUT2D eigenvalue weighted by atomic mass is 35.5. The Labute approximate surface area is 92.6 Å². The van der Waals surface area contributed by atoms with E-state index in [0.29, 0.717) is 24.0 Å². The second-order valence-corrected chi connectivity index (χ2v) is 3.14.